The Morgan fingerprint density at radius 2 is 2.32 bits per heavy atom. The Morgan fingerprint density at radius 1 is 1.53 bits per heavy atom. The zero-order valence-electron chi connectivity index (χ0n) is 11.6. The molecule has 0 saturated carbocycles. The van der Waals surface area contributed by atoms with Crippen molar-refractivity contribution < 1.29 is 9.69 Å². The summed E-state index contributed by atoms with van der Waals surface area (Å²) in [6.45, 7) is 6.97. The van der Waals surface area contributed by atoms with Crippen LogP contribution in [0, 0.1) is 12.8 Å². The zero-order chi connectivity index (χ0) is 13.8. The maximum Gasteiger partial charge on any atom is 0.279 e. The minimum Gasteiger partial charge on any atom is -0.327 e. The summed E-state index contributed by atoms with van der Waals surface area (Å²) in [6.07, 6.45) is 2.51. The molecule has 0 bridgehead atoms. The van der Waals surface area contributed by atoms with E-state index in [0.717, 1.165) is 30.3 Å². The quantitative estimate of drug-likeness (QED) is 0.872. The van der Waals surface area contributed by atoms with E-state index < -0.39 is 0 Å². The van der Waals surface area contributed by atoms with Gasteiger partial charge in [-0.15, -0.1) is 0 Å². The maximum atomic E-state index is 12.0. The highest BCUT2D eigenvalue weighted by Gasteiger charge is 2.21. The Bertz CT molecular complexity index is 461. The molecule has 4 heteroatoms. The van der Waals surface area contributed by atoms with E-state index in [9.17, 15) is 4.79 Å². The summed E-state index contributed by atoms with van der Waals surface area (Å²) in [4.78, 5) is 13.4. The van der Waals surface area contributed by atoms with E-state index in [-0.39, 0.29) is 5.91 Å². The Kier molecular flexibility index (Phi) is 4.83. The lowest BCUT2D eigenvalue weighted by Crippen LogP contribution is -3.14. The van der Waals surface area contributed by atoms with Gasteiger partial charge >= 0.3 is 0 Å². The number of piperidine rings is 1. The van der Waals surface area contributed by atoms with Crippen molar-refractivity contribution in [3.8, 4) is 0 Å². The lowest BCUT2D eigenvalue weighted by molar-refractivity contribution is -0.900. The van der Waals surface area contributed by atoms with Crippen LogP contribution in [0.25, 0.3) is 0 Å². The number of nitrogens with one attached hydrogen (secondary N) is 2. The number of halogens is 1. The van der Waals surface area contributed by atoms with Crippen LogP contribution in [-0.4, -0.2) is 25.5 Å². The lowest BCUT2D eigenvalue weighted by atomic mass is 10.0. The third kappa shape index (κ3) is 4.22. The number of benzene rings is 1. The van der Waals surface area contributed by atoms with Crippen LogP contribution in [0.4, 0.5) is 5.69 Å². The number of carbonyl (C=O) groups is 1. The molecule has 0 radical (unpaired) electrons. The highest BCUT2D eigenvalue weighted by Crippen LogP contribution is 2.19. The predicted molar refractivity (Wildman–Crippen MR) is 78.8 cm³/mol. The van der Waals surface area contributed by atoms with Crippen molar-refractivity contribution in [1.82, 2.24) is 0 Å². The summed E-state index contributed by atoms with van der Waals surface area (Å²) < 4.78 is 0. The van der Waals surface area contributed by atoms with Crippen LogP contribution in [0.3, 0.4) is 0 Å². The molecule has 1 aromatic rings. The number of carbonyl (C=O) groups excluding carboxylic acids is 1. The van der Waals surface area contributed by atoms with E-state index in [2.05, 4.69) is 12.2 Å². The molecule has 0 aromatic heterocycles. The van der Waals surface area contributed by atoms with E-state index in [1.807, 2.05) is 25.1 Å². The summed E-state index contributed by atoms with van der Waals surface area (Å²) in [5.41, 5.74) is 1.81. The molecule has 19 heavy (non-hydrogen) atoms. The van der Waals surface area contributed by atoms with E-state index in [1.165, 1.54) is 17.7 Å². The van der Waals surface area contributed by atoms with Crippen molar-refractivity contribution in [2.75, 3.05) is 25.0 Å². The van der Waals surface area contributed by atoms with Crippen LogP contribution >= 0.6 is 11.6 Å². The fourth-order valence-electron chi connectivity index (χ4n) is 2.66. The van der Waals surface area contributed by atoms with Gasteiger partial charge in [0, 0.05) is 16.6 Å². The molecule has 1 saturated heterocycles. The second-order valence-corrected chi connectivity index (χ2v) is 6.05. The van der Waals surface area contributed by atoms with Gasteiger partial charge in [-0.3, -0.25) is 4.79 Å². The van der Waals surface area contributed by atoms with E-state index in [1.54, 1.807) is 0 Å². The van der Waals surface area contributed by atoms with E-state index in [0.29, 0.717) is 11.6 Å². The molecule has 3 nitrogen and oxygen atoms in total. The van der Waals surface area contributed by atoms with Crippen LogP contribution in [0.5, 0.6) is 0 Å². The molecule has 2 atom stereocenters. The topological polar surface area (TPSA) is 33.5 Å². The first-order valence-electron chi connectivity index (χ1n) is 6.94. The van der Waals surface area contributed by atoms with Crippen LogP contribution < -0.4 is 10.2 Å². The maximum absolute atomic E-state index is 12.0. The predicted octanol–water partition coefficient (Wildman–Crippen LogP) is 1.90. The Balaban J connectivity index is 1.88. The van der Waals surface area contributed by atoms with Gasteiger partial charge in [-0.2, -0.15) is 0 Å². The van der Waals surface area contributed by atoms with Gasteiger partial charge in [-0.1, -0.05) is 24.6 Å². The molecular formula is C15H22ClN2O+. The normalized spacial score (nSPS) is 23.1. The van der Waals surface area contributed by atoms with Crippen LogP contribution in [-0.2, 0) is 4.79 Å². The molecule has 1 aromatic carbocycles. The molecule has 0 aliphatic carbocycles. The number of likely N-dealkylation sites (tertiary alicyclic amines) is 1. The highest BCUT2D eigenvalue weighted by atomic mass is 35.5. The average molecular weight is 282 g/mol. The van der Waals surface area contributed by atoms with Gasteiger partial charge in [0.2, 0.25) is 0 Å². The molecule has 104 valence electrons. The minimum atomic E-state index is 0.0732. The monoisotopic (exact) mass is 281 g/mol. The first kappa shape index (κ1) is 14.4. The van der Waals surface area contributed by atoms with Crippen molar-refractivity contribution in [3.63, 3.8) is 0 Å². The summed E-state index contributed by atoms with van der Waals surface area (Å²) in [5.74, 6) is 0.800. The third-order valence-corrected chi connectivity index (χ3v) is 4.14. The molecule has 2 rings (SSSR count). The van der Waals surface area contributed by atoms with Crippen molar-refractivity contribution >= 4 is 23.2 Å². The average Bonchev–Trinajstić information content (AvgIpc) is 2.34. The molecule has 1 fully saturated rings. The number of aryl methyl sites for hydroxylation is 1. The molecule has 2 N–H and O–H groups in total. The number of anilines is 1. The SMILES string of the molecule is Cc1ccc(NC(=O)C[NH+]2CCC[C@H](C)C2)cc1Cl. The third-order valence-electron chi connectivity index (χ3n) is 3.73. The summed E-state index contributed by atoms with van der Waals surface area (Å²) >= 11 is 6.05. The fourth-order valence-corrected chi connectivity index (χ4v) is 2.84. The first-order valence-corrected chi connectivity index (χ1v) is 7.32. The number of amides is 1. The Morgan fingerprint density at radius 3 is 3.00 bits per heavy atom. The van der Waals surface area contributed by atoms with E-state index >= 15 is 0 Å². The van der Waals surface area contributed by atoms with Crippen molar-refractivity contribution in [2.45, 2.75) is 26.7 Å². The number of quaternary nitrogens is 1. The zero-order valence-corrected chi connectivity index (χ0v) is 12.4. The largest absolute Gasteiger partial charge is 0.327 e. The first-order chi connectivity index (χ1) is 9.04. The lowest BCUT2D eigenvalue weighted by Gasteiger charge is -2.27. The standard InChI is InChI=1S/C15H21ClN2O/c1-11-4-3-7-18(9-11)10-15(19)17-13-6-5-12(2)14(16)8-13/h5-6,8,11H,3-4,7,9-10H2,1-2H3,(H,17,19)/p+1/t11-/m0/s1. The number of hydrogen-bond donors (Lipinski definition) is 2. The van der Waals surface area contributed by atoms with Crippen molar-refractivity contribution in [2.24, 2.45) is 5.92 Å². The number of hydrogen-bond acceptors (Lipinski definition) is 1. The highest BCUT2D eigenvalue weighted by molar-refractivity contribution is 6.31. The summed E-state index contributed by atoms with van der Waals surface area (Å²) in [5, 5.41) is 3.62. The van der Waals surface area contributed by atoms with Gasteiger partial charge in [-0.25, -0.2) is 0 Å². The molecule has 1 heterocycles. The van der Waals surface area contributed by atoms with Gasteiger partial charge in [0.05, 0.1) is 13.1 Å². The van der Waals surface area contributed by atoms with Crippen LogP contribution in [0.15, 0.2) is 18.2 Å². The van der Waals surface area contributed by atoms with Gasteiger partial charge < -0.3 is 10.2 Å². The van der Waals surface area contributed by atoms with Gasteiger partial charge in [0.1, 0.15) is 0 Å². The molecule has 1 aliphatic heterocycles. The van der Waals surface area contributed by atoms with Gasteiger partial charge in [0.25, 0.3) is 5.91 Å². The fraction of sp³-hybridized carbons (Fsp3) is 0.533. The smallest absolute Gasteiger partial charge is 0.279 e. The van der Waals surface area contributed by atoms with E-state index in [4.69, 9.17) is 11.6 Å². The van der Waals surface area contributed by atoms with Gasteiger partial charge in [-0.05, 0) is 37.5 Å². The van der Waals surface area contributed by atoms with Gasteiger partial charge in [0.15, 0.2) is 6.54 Å². The Labute approximate surface area is 119 Å². The molecule has 1 amide bonds. The summed E-state index contributed by atoms with van der Waals surface area (Å²) in [7, 11) is 0. The molecule has 1 unspecified atom stereocenters. The van der Waals surface area contributed by atoms with Crippen molar-refractivity contribution in [1.29, 1.82) is 0 Å². The van der Waals surface area contributed by atoms with Crippen LogP contribution in [0.2, 0.25) is 5.02 Å². The number of rotatable bonds is 3. The Hall–Kier alpha value is -1.06. The summed E-state index contributed by atoms with van der Waals surface area (Å²) in [6, 6.07) is 5.63. The minimum absolute atomic E-state index is 0.0732. The molecule has 1 aliphatic rings. The molecule has 0 spiro atoms. The molecular weight excluding hydrogens is 260 g/mol. The van der Waals surface area contributed by atoms with Crippen molar-refractivity contribution in [3.05, 3.63) is 28.8 Å². The van der Waals surface area contributed by atoms with Crippen LogP contribution in [0.1, 0.15) is 25.3 Å². The second kappa shape index (κ2) is 6.40. The second-order valence-electron chi connectivity index (χ2n) is 5.64.